The van der Waals surface area contributed by atoms with Crippen molar-refractivity contribution >= 4 is 5.65 Å². The van der Waals surface area contributed by atoms with E-state index < -0.39 is 6.43 Å². The van der Waals surface area contributed by atoms with Gasteiger partial charge in [0.25, 0.3) is 6.43 Å². The second kappa shape index (κ2) is 4.15. The SMILES string of the molecule is CCCc1nc2c(C)ccc(C(F)F)n2n1. The summed E-state index contributed by atoms with van der Waals surface area (Å²) in [5.74, 6) is 0.624. The minimum atomic E-state index is -2.53. The van der Waals surface area contributed by atoms with Crippen LogP contribution in [0, 0.1) is 6.92 Å². The molecular weight excluding hydrogens is 212 g/mol. The van der Waals surface area contributed by atoms with Crippen LogP contribution in [0.4, 0.5) is 8.78 Å². The smallest absolute Gasteiger partial charge is 0.212 e. The summed E-state index contributed by atoms with van der Waals surface area (Å²) in [6.45, 7) is 3.85. The third-order valence-electron chi connectivity index (χ3n) is 2.45. The van der Waals surface area contributed by atoms with Crippen LogP contribution in [-0.4, -0.2) is 14.6 Å². The average molecular weight is 225 g/mol. The summed E-state index contributed by atoms with van der Waals surface area (Å²) in [4.78, 5) is 4.26. The number of hydrogen-bond acceptors (Lipinski definition) is 2. The van der Waals surface area contributed by atoms with E-state index in [1.54, 1.807) is 6.07 Å². The van der Waals surface area contributed by atoms with Crippen molar-refractivity contribution in [3.05, 3.63) is 29.2 Å². The minimum absolute atomic E-state index is 0.101. The Bertz CT molecular complexity index is 505. The van der Waals surface area contributed by atoms with Gasteiger partial charge in [0.1, 0.15) is 5.69 Å². The second-order valence-corrected chi connectivity index (χ2v) is 3.76. The average Bonchev–Trinajstić information content (AvgIpc) is 2.62. The molecule has 2 aromatic heterocycles. The number of aromatic nitrogens is 3. The van der Waals surface area contributed by atoms with Gasteiger partial charge in [-0.2, -0.15) is 5.10 Å². The van der Waals surface area contributed by atoms with Crippen LogP contribution in [0.3, 0.4) is 0 Å². The Labute approximate surface area is 92.1 Å². The molecule has 2 heterocycles. The van der Waals surface area contributed by atoms with Crippen LogP contribution in [0.15, 0.2) is 12.1 Å². The maximum atomic E-state index is 12.7. The Kier molecular flexibility index (Phi) is 2.85. The van der Waals surface area contributed by atoms with Crippen LogP contribution < -0.4 is 0 Å². The Balaban J connectivity index is 2.63. The molecule has 16 heavy (non-hydrogen) atoms. The van der Waals surface area contributed by atoms with Crippen molar-refractivity contribution < 1.29 is 8.78 Å². The highest BCUT2D eigenvalue weighted by Gasteiger charge is 2.15. The molecule has 0 bridgehead atoms. The quantitative estimate of drug-likeness (QED) is 0.803. The van der Waals surface area contributed by atoms with Gasteiger partial charge in [0, 0.05) is 6.42 Å². The Morgan fingerprint density at radius 1 is 1.38 bits per heavy atom. The lowest BCUT2D eigenvalue weighted by Crippen LogP contribution is -2.00. The first kappa shape index (κ1) is 11.0. The molecule has 0 amide bonds. The summed E-state index contributed by atoms with van der Waals surface area (Å²) in [5.41, 5.74) is 1.29. The summed E-state index contributed by atoms with van der Waals surface area (Å²) >= 11 is 0. The molecule has 3 nitrogen and oxygen atoms in total. The van der Waals surface area contributed by atoms with Crippen LogP contribution >= 0.6 is 0 Å². The van der Waals surface area contributed by atoms with Gasteiger partial charge in [-0.3, -0.25) is 0 Å². The standard InChI is InChI=1S/C11H13F2N3/c1-3-4-9-14-11-7(2)5-6-8(10(12)13)16(11)15-9/h5-6,10H,3-4H2,1-2H3. The number of alkyl halides is 2. The fourth-order valence-electron chi connectivity index (χ4n) is 1.64. The van der Waals surface area contributed by atoms with Crippen LogP contribution in [0.1, 0.15) is 36.9 Å². The molecule has 0 aliphatic carbocycles. The lowest BCUT2D eigenvalue weighted by molar-refractivity contribution is 0.143. The molecule has 0 unspecified atom stereocenters. The molecular formula is C11H13F2N3. The lowest BCUT2D eigenvalue weighted by atomic mass is 10.2. The lowest BCUT2D eigenvalue weighted by Gasteiger charge is -2.03. The molecule has 2 aromatic rings. The molecule has 0 saturated carbocycles. The minimum Gasteiger partial charge on any atom is -0.212 e. The Hall–Kier alpha value is -1.52. The van der Waals surface area contributed by atoms with E-state index >= 15 is 0 Å². The van der Waals surface area contributed by atoms with E-state index in [0.29, 0.717) is 17.9 Å². The van der Waals surface area contributed by atoms with Gasteiger partial charge in [-0.1, -0.05) is 13.0 Å². The van der Waals surface area contributed by atoms with Crippen LogP contribution in [0.25, 0.3) is 5.65 Å². The number of halogens is 2. The van der Waals surface area contributed by atoms with E-state index in [2.05, 4.69) is 10.1 Å². The van der Waals surface area contributed by atoms with Gasteiger partial charge in [-0.25, -0.2) is 18.3 Å². The van der Waals surface area contributed by atoms with Crippen LogP contribution in [0.2, 0.25) is 0 Å². The molecule has 86 valence electrons. The van der Waals surface area contributed by atoms with Crippen molar-refractivity contribution in [3.8, 4) is 0 Å². The van der Waals surface area contributed by atoms with Crippen molar-refractivity contribution in [2.75, 3.05) is 0 Å². The number of rotatable bonds is 3. The van der Waals surface area contributed by atoms with Crippen LogP contribution in [0.5, 0.6) is 0 Å². The highest BCUT2D eigenvalue weighted by atomic mass is 19.3. The molecule has 0 saturated heterocycles. The zero-order chi connectivity index (χ0) is 11.7. The van der Waals surface area contributed by atoms with E-state index in [1.807, 2.05) is 13.8 Å². The van der Waals surface area contributed by atoms with E-state index in [9.17, 15) is 8.78 Å². The summed E-state index contributed by atoms with van der Waals surface area (Å²) in [5, 5.41) is 4.11. The third-order valence-corrected chi connectivity index (χ3v) is 2.45. The molecule has 5 heteroatoms. The van der Waals surface area contributed by atoms with Crippen molar-refractivity contribution in [3.63, 3.8) is 0 Å². The molecule has 0 atom stereocenters. The molecule has 0 N–H and O–H groups in total. The van der Waals surface area contributed by atoms with Gasteiger partial charge in [0.05, 0.1) is 0 Å². The number of nitrogens with zero attached hydrogens (tertiary/aromatic N) is 3. The summed E-state index contributed by atoms with van der Waals surface area (Å²) in [7, 11) is 0. The van der Waals surface area contributed by atoms with E-state index in [1.165, 1.54) is 10.6 Å². The first-order valence-corrected chi connectivity index (χ1v) is 5.26. The number of pyridine rings is 1. The van der Waals surface area contributed by atoms with E-state index in [0.717, 1.165) is 12.0 Å². The van der Waals surface area contributed by atoms with Gasteiger partial charge in [0.15, 0.2) is 11.5 Å². The molecule has 0 spiro atoms. The fraction of sp³-hybridized carbons (Fsp3) is 0.455. The maximum Gasteiger partial charge on any atom is 0.280 e. The molecule has 0 radical (unpaired) electrons. The zero-order valence-corrected chi connectivity index (χ0v) is 9.24. The number of hydrogen-bond donors (Lipinski definition) is 0. The first-order chi connectivity index (χ1) is 7.63. The van der Waals surface area contributed by atoms with Gasteiger partial charge in [0.2, 0.25) is 0 Å². The fourth-order valence-corrected chi connectivity index (χ4v) is 1.64. The highest BCUT2D eigenvalue weighted by molar-refractivity contribution is 5.47. The summed E-state index contributed by atoms with van der Waals surface area (Å²) in [6.07, 6.45) is -0.914. The largest absolute Gasteiger partial charge is 0.280 e. The topological polar surface area (TPSA) is 30.2 Å². The van der Waals surface area contributed by atoms with Crippen molar-refractivity contribution in [2.45, 2.75) is 33.1 Å². The van der Waals surface area contributed by atoms with Crippen molar-refractivity contribution in [2.24, 2.45) is 0 Å². The van der Waals surface area contributed by atoms with Crippen molar-refractivity contribution in [1.29, 1.82) is 0 Å². The number of aryl methyl sites for hydroxylation is 2. The van der Waals surface area contributed by atoms with Crippen LogP contribution in [-0.2, 0) is 6.42 Å². The van der Waals surface area contributed by atoms with Gasteiger partial charge < -0.3 is 0 Å². The molecule has 0 fully saturated rings. The number of fused-ring (bicyclic) bond motifs is 1. The van der Waals surface area contributed by atoms with Crippen molar-refractivity contribution in [1.82, 2.24) is 14.6 Å². The summed E-state index contributed by atoms with van der Waals surface area (Å²) in [6, 6.07) is 3.05. The summed E-state index contributed by atoms with van der Waals surface area (Å²) < 4.78 is 26.7. The van der Waals surface area contributed by atoms with Gasteiger partial charge in [-0.05, 0) is 25.0 Å². The second-order valence-electron chi connectivity index (χ2n) is 3.76. The monoisotopic (exact) mass is 225 g/mol. The van der Waals surface area contributed by atoms with Gasteiger partial charge >= 0.3 is 0 Å². The molecule has 0 aliphatic rings. The highest BCUT2D eigenvalue weighted by Crippen LogP contribution is 2.21. The Morgan fingerprint density at radius 3 is 2.75 bits per heavy atom. The molecule has 0 aromatic carbocycles. The molecule has 0 aliphatic heterocycles. The third kappa shape index (κ3) is 1.77. The maximum absolute atomic E-state index is 12.7. The Morgan fingerprint density at radius 2 is 2.12 bits per heavy atom. The zero-order valence-electron chi connectivity index (χ0n) is 9.24. The normalized spacial score (nSPS) is 11.6. The predicted molar refractivity (Wildman–Crippen MR) is 56.7 cm³/mol. The van der Waals surface area contributed by atoms with E-state index in [4.69, 9.17) is 0 Å². The molecule has 2 rings (SSSR count). The predicted octanol–water partition coefficient (Wildman–Crippen LogP) is 2.93. The van der Waals surface area contributed by atoms with Gasteiger partial charge in [-0.15, -0.1) is 0 Å². The van der Waals surface area contributed by atoms with E-state index in [-0.39, 0.29) is 5.69 Å². The first-order valence-electron chi connectivity index (χ1n) is 5.26.